The van der Waals surface area contributed by atoms with Gasteiger partial charge >= 0.3 is 0 Å². The number of likely N-dealkylation sites (N-methyl/N-ethyl adjacent to an activating group) is 1. The van der Waals surface area contributed by atoms with Gasteiger partial charge in [0.2, 0.25) is 0 Å². The van der Waals surface area contributed by atoms with Crippen LogP contribution in [-0.4, -0.2) is 25.5 Å². The average Bonchev–Trinajstić information content (AvgIpc) is 2.90. The summed E-state index contributed by atoms with van der Waals surface area (Å²) < 4.78 is 14.2. The van der Waals surface area contributed by atoms with Crippen molar-refractivity contribution >= 4 is 21.4 Å². The highest BCUT2D eigenvalue weighted by Crippen LogP contribution is 2.51. The van der Waals surface area contributed by atoms with Gasteiger partial charge in [-0.25, -0.2) is 4.39 Å². The van der Waals surface area contributed by atoms with Gasteiger partial charge in [0.1, 0.15) is 5.82 Å². The molecule has 0 aliphatic heterocycles. The molecule has 1 aromatic heterocycles. The zero-order chi connectivity index (χ0) is 12.0. The van der Waals surface area contributed by atoms with Gasteiger partial charge in [-0.1, -0.05) is 6.07 Å². The molecule has 0 radical (unpaired) electrons. The highest BCUT2D eigenvalue weighted by atomic mass is 32.1. The van der Waals surface area contributed by atoms with E-state index in [1.807, 2.05) is 6.07 Å². The maximum atomic E-state index is 13.2. The number of benzene rings is 1. The van der Waals surface area contributed by atoms with Gasteiger partial charge in [-0.2, -0.15) is 0 Å². The Morgan fingerprint density at radius 3 is 2.71 bits per heavy atom. The summed E-state index contributed by atoms with van der Waals surface area (Å²) in [6.45, 7) is 1.10. The standard InChI is InChI=1S/C14H16FNS/c1-16(2)9-14(5-6-14)13-7-10-3-4-11(15)8-12(10)17-13/h3-4,7-8H,5-6,9H2,1-2H3. The van der Waals surface area contributed by atoms with E-state index in [0.717, 1.165) is 11.2 Å². The Balaban J connectivity index is 2.01. The number of thiophene rings is 1. The first kappa shape index (κ1) is 11.2. The maximum Gasteiger partial charge on any atom is 0.124 e. The first-order chi connectivity index (χ1) is 8.09. The van der Waals surface area contributed by atoms with Crippen molar-refractivity contribution in [3.8, 4) is 0 Å². The summed E-state index contributed by atoms with van der Waals surface area (Å²) in [5, 5.41) is 1.18. The molecule has 0 bridgehead atoms. The lowest BCUT2D eigenvalue weighted by molar-refractivity contribution is 0.365. The van der Waals surface area contributed by atoms with Gasteiger partial charge in [0.15, 0.2) is 0 Å². The van der Waals surface area contributed by atoms with Crippen molar-refractivity contribution in [2.75, 3.05) is 20.6 Å². The van der Waals surface area contributed by atoms with Crippen molar-refractivity contribution < 1.29 is 4.39 Å². The number of halogens is 1. The Bertz CT molecular complexity index is 554. The fourth-order valence-electron chi connectivity index (χ4n) is 2.50. The molecule has 0 spiro atoms. The molecule has 3 heteroatoms. The molecule has 0 saturated heterocycles. The molecule has 1 fully saturated rings. The third-order valence-electron chi connectivity index (χ3n) is 3.48. The molecule has 0 N–H and O–H groups in total. The van der Waals surface area contributed by atoms with Crippen LogP contribution >= 0.6 is 11.3 Å². The van der Waals surface area contributed by atoms with Crippen LogP contribution in [-0.2, 0) is 5.41 Å². The number of rotatable bonds is 3. The van der Waals surface area contributed by atoms with Crippen molar-refractivity contribution in [3.63, 3.8) is 0 Å². The fraction of sp³-hybridized carbons (Fsp3) is 0.429. The second kappa shape index (κ2) is 3.79. The van der Waals surface area contributed by atoms with Crippen LogP contribution in [0.4, 0.5) is 4.39 Å². The Morgan fingerprint density at radius 2 is 2.06 bits per heavy atom. The molecule has 1 aliphatic carbocycles. The molecule has 0 amide bonds. The highest BCUT2D eigenvalue weighted by molar-refractivity contribution is 7.19. The van der Waals surface area contributed by atoms with Crippen LogP contribution in [0.3, 0.4) is 0 Å². The molecule has 1 heterocycles. The van der Waals surface area contributed by atoms with E-state index >= 15 is 0 Å². The van der Waals surface area contributed by atoms with Crippen LogP contribution in [0.1, 0.15) is 17.7 Å². The molecule has 1 aliphatic rings. The molecule has 17 heavy (non-hydrogen) atoms. The van der Waals surface area contributed by atoms with Crippen LogP contribution in [0.5, 0.6) is 0 Å². The topological polar surface area (TPSA) is 3.24 Å². The van der Waals surface area contributed by atoms with Crippen LogP contribution in [0.2, 0.25) is 0 Å². The van der Waals surface area contributed by atoms with E-state index in [-0.39, 0.29) is 5.82 Å². The van der Waals surface area contributed by atoms with Gasteiger partial charge in [-0.05, 0) is 50.5 Å². The first-order valence-corrected chi connectivity index (χ1v) is 6.75. The van der Waals surface area contributed by atoms with E-state index in [2.05, 4.69) is 25.1 Å². The SMILES string of the molecule is CN(C)CC1(c2cc3ccc(F)cc3s2)CC1. The molecule has 0 unspecified atom stereocenters. The minimum atomic E-state index is -0.136. The predicted molar refractivity (Wildman–Crippen MR) is 71.2 cm³/mol. The summed E-state index contributed by atoms with van der Waals surface area (Å²) in [4.78, 5) is 3.67. The third-order valence-corrected chi connectivity index (χ3v) is 4.82. The van der Waals surface area contributed by atoms with Crippen molar-refractivity contribution in [1.29, 1.82) is 0 Å². The second-order valence-corrected chi connectivity index (χ2v) is 6.39. The largest absolute Gasteiger partial charge is 0.308 e. The zero-order valence-electron chi connectivity index (χ0n) is 10.2. The lowest BCUT2D eigenvalue weighted by Crippen LogP contribution is -2.24. The zero-order valence-corrected chi connectivity index (χ0v) is 11.0. The highest BCUT2D eigenvalue weighted by Gasteiger charge is 2.45. The molecule has 1 saturated carbocycles. The van der Waals surface area contributed by atoms with Crippen LogP contribution in [0.15, 0.2) is 24.3 Å². The molecular weight excluding hydrogens is 233 g/mol. The van der Waals surface area contributed by atoms with E-state index in [1.165, 1.54) is 23.1 Å². The van der Waals surface area contributed by atoms with Crippen molar-refractivity contribution in [3.05, 3.63) is 35.0 Å². The van der Waals surface area contributed by atoms with Gasteiger partial charge in [0, 0.05) is 21.5 Å². The van der Waals surface area contributed by atoms with Crippen molar-refractivity contribution in [1.82, 2.24) is 4.90 Å². The van der Waals surface area contributed by atoms with E-state index in [4.69, 9.17) is 0 Å². The van der Waals surface area contributed by atoms with Gasteiger partial charge in [0.05, 0.1) is 0 Å². The van der Waals surface area contributed by atoms with E-state index in [9.17, 15) is 4.39 Å². The summed E-state index contributed by atoms with van der Waals surface area (Å²) in [6, 6.07) is 7.33. The Labute approximate surface area is 105 Å². The minimum Gasteiger partial charge on any atom is -0.308 e. The monoisotopic (exact) mass is 249 g/mol. The smallest absolute Gasteiger partial charge is 0.124 e. The van der Waals surface area contributed by atoms with Gasteiger partial charge in [-0.3, -0.25) is 0 Å². The molecule has 1 nitrogen and oxygen atoms in total. The Morgan fingerprint density at radius 1 is 1.29 bits per heavy atom. The summed E-state index contributed by atoms with van der Waals surface area (Å²) in [5.74, 6) is -0.136. The minimum absolute atomic E-state index is 0.136. The normalized spacial score (nSPS) is 17.9. The molecule has 2 aromatic rings. The molecule has 0 atom stereocenters. The quantitative estimate of drug-likeness (QED) is 0.803. The molecule has 90 valence electrons. The number of fused-ring (bicyclic) bond motifs is 1. The summed E-state index contributed by atoms with van der Waals surface area (Å²) in [5.41, 5.74) is 0.351. The summed E-state index contributed by atoms with van der Waals surface area (Å²) >= 11 is 1.76. The second-order valence-electron chi connectivity index (χ2n) is 5.31. The molecular formula is C14H16FNS. The number of hydrogen-bond acceptors (Lipinski definition) is 2. The van der Waals surface area contributed by atoms with Crippen LogP contribution < -0.4 is 0 Å². The number of hydrogen-bond donors (Lipinski definition) is 0. The van der Waals surface area contributed by atoms with Crippen molar-refractivity contribution in [2.24, 2.45) is 0 Å². The molecule has 3 rings (SSSR count). The summed E-state index contributed by atoms with van der Waals surface area (Å²) in [7, 11) is 4.24. The van der Waals surface area contributed by atoms with E-state index < -0.39 is 0 Å². The average molecular weight is 249 g/mol. The number of nitrogens with zero attached hydrogens (tertiary/aromatic N) is 1. The Hall–Kier alpha value is -0.930. The lowest BCUT2D eigenvalue weighted by atomic mass is 10.0. The van der Waals surface area contributed by atoms with E-state index in [0.29, 0.717) is 5.41 Å². The fourth-order valence-corrected chi connectivity index (χ4v) is 3.83. The van der Waals surface area contributed by atoms with Gasteiger partial charge in [0.25, 0.3) is 0 Å². The van der Waals surface area contributed by atoms with Gasteiger partial charge < -0.3 is 4.90 Å². The first-order valence-electron chi connectivity index (χ1n) is 5.93. The summed E-state index contributed by atoms with van der Waals surface area (Å²) in [6.07, 6.45) is 2.53. The van der Waals surface area contributed by atoms with Crippen LogP contribution in [0, 0.1) is 5.82 Å². The predicted octanol–water partition coefficient (Wildman–Crippen LogP) is 3.63. The molecule has 1 aromatic carbocycles. The van der Waals surface area contributed by atoms with Crippen LogP contribution in [0.25, 0.3) is 10.1 Å². The van der Waals surface area contributed by atoms with Crippen molar-refractivity contribution in [2.45, 2.75) is 18.3 Å². The van der Waals surface area contributed by atoms with E-state index in [1.54, 1.807) is 23.5 Å². The Kier molecular flexibility index (Phi) is 2.49. The lowest BCUT2D eigenvalue weighted by Gasteiger charge is -2.18. The third kappa shape index (κ3) is 1.98. The van der Waals surface area contributed by atoms with Gasteiger partial charge in [-0.15, -0.1) is 11.3 Å². The maximum absolute atomic E-state index is 13.2.